The highest BCUT2D eigenvalue weighted by atomic mass is 32.5. The topological polar surface area (TPSA) is 102 Å². The lowest BCUT2D eigenvalue weighted by Crippen LogP contribution is -2.20. The van der Waals surface area contributed by atoms with Crippen LogP contribution in [0.2, 0.25) is 0 Å². The first-order valence-electron chi connectivity index (χ1n) is 29.2. The summed E-state index contributed by atoms with van der Waals surface area (Å²) in [5.41, 5.74) is 6.22. The van der Waals surface area contributed by atoms with Crippen molar-refractivity contribution in [2.24, 2.45) is 5.10 Å². The van der Waals surface area contributed by atoms with E-state index in [0.717, 1.165) is 148 Å². The normalized spacial score (nSPS) is 12.1. The van der Waals surface area contributed by atoms with Crippen LogP contribution < -0.4 is 23.1 Å². The Balaban J connectivity index is 0.804. The minimum Gasteiger partial charge on any atom is -0.497 e. The summed E-state index contributed by atoms with van der Waals surface area (Å²) < 4.78 is 53.7. The fourth-order valence-electron chi connectivity index (χ4n) is 11.1. The number of fused-ring (bicyclic) bond motifs is 14. The van der Waals surface area contributed by atoms with Crippen molar-refractivity contribution >= 4 is 128 Å². The van der Waals surface area contributed by atoms with Gasteiger partial charge in [0, 0.05) is 66.6 Å². The van der Waals surface area contributed by atoms with Gasteiger partial charge in [0.15, 0.2) is 0 Å². The van der Waals surface area contributed by atoms with Crippen LogP contribution in [0.5, 0.6) is 17.2 Å². The summed E-state index contributed by atoms with van der Waals surface area (Å²) >= 11 is 6.47. The van der Waals surface area contributed by atoms with Gasteiger partial charge < -0.3 is 30.6 Å². The molecule has 0 N–H and O–H groups in total. The Labute approximate surface area is 507 Å². The second kappa shape index (κ2) is 25.3. The van der Waals surface area contributed by atoms with Crippen molar-refractivity contribution in [3.63, 3.8) is 0 Å². The highest BCUT2D eigenvalue weighted by molar-refractivity contribution is 8.09. The molecule has 0 unspecified atom stereocenters. The third-order valence-corrected chi connectivity index (χ3v) is 21.5. The average Bonchev–Trinajstić information content (AvgIpc) is 1.73. The maximum absolute atomic E-state index is 7.07. The van der Waals surface area contributed by atoms with E-state index in [9.17, 15) is 0 Å². The smallest absolute Gasteiger partial charge is 0.410 e. The second-order valence-electron chi connectivity index (χ2n) is 21.4. The van der Waals surface area contributed by atoms with Crippen LogP contribution in [0.25, 0.3) is 87.0 Å². The summed E-state index contributed by atoms with van der Waals surface area (Å²) in [6.07, 6.45) is 5.71. The van der Waals surface area contributed by atoms with E-state index in [1.807, 2.05) is 48.5 Å². The van der Waals surface area contributed by atoms with Crippen molar-refractivity contribution in [3.05, 3.63) is 235 Å². The zero-order valence-corrected chi connectivity index (χ0v) is 51.9. The monoisotopic (exact) mass is 1210 g/mol. The predicted octanol–water partition coefficient (Wildman–Crippen LogP) is 21.0. The molecule has 0 aliphatic carbocycles. The molecular formula is C71H65N4O7P3S. The van der Waals surface area contributed by atoms with E-state index in [1.54, 1.807) is 25.2 Å². The first kappa shape index (κ1) is 56.8. The molecule has 0 bridgehead atoms. The zero-order valence-electron chi connectivity index (χ0n) is 48.4. The SMILES string of the molecule is CCCCN(Cc1ccc(OP(=S)(Oc2ccc(CN(CCCC)p3oc4ccc5ccccc5c4c4c(ccc5ccccc54)o3)cc2)N(C)/N=C\c2ccc(OC)cc2)cc1)p1oc2ccc3ccccc3c2c2c(ccc3ccccc32)o1. The van der Waals surface area contributed by atoms with Crippen LogP contribution >= 0.6 is 23.0 Å². The molecule has 86 heavy (non-hydrogen) atoms. The third kappa shape index (κ3) is 11.9. The molecule has 11 aromatic carbocycles. The van der Waals surface area contributed by atoms with Crippen LogP contribution in [-0.2, 0) is 24.9 Å². The van der Waals surface area contributed by atoms with Crippen molar-refractivity contribution < 1.29 is 30.6 Å². The Morgan fingerprint density at radius 3 is 1.12 bits per heavy atom. The molecule has 2 heterocycles. The van der Waals surface area contributed by atoms with Crippen molar-refractivity contribution in [2.75, 3.05) is 36.6 Å². The number of hydrogen-bond donors (Lipinski definition) is 0. The molecule has 0 saturated heterocycles. The Morgan fingerprint density at radius 1 is 0.442 bits per heavy atom. The van der Waals surface area contributed by atoms with Crippen LogP contribution in [0.1, 0.15) is 56.2 Å². The van der Waals surface area contributed by atoms with Crippen molar-refractivity contribution in [2.45, 2.75) is 52.6 Å². The number of nitrogens with zero attached hydrogens (tertiary/aromatic N) is 4. The molecule has 2 aromatic heterocycles. The van der Waals surface area contributed by atoms with E-state index in [2.05, 4.69) is 193 Å². The minimum atomic E-state index is -3.42. The van der Waals surface area contributed by atoms with Gasteiger partial charge in [-0.2, -0.15) is 14.4 Å². The van der Waals surface area contributed by atoms with Gasteiger partial charge >= 0.3 is 23.0 Å². The summed E-state index contributed by atoms with van der Waals surface area (Å²) in [6, 6.07) is 74.8. The van der Waals surface area contributed by atoms with Gasteiger partial charge in [-0.1, -0.05) is 172 Å². The van der Waals surface area contributed by atoms with Crippen molar-refractivity contribution in [1.82, 2.24) is 4.78 Å². The van der Waals surface area contributed by atoms with Crippen LogP contribution in [-0.4, -0.2) is 38.2 Å². The Kier molecular flexibility index (Phi) is 16.7. The predicted molar refractivity (Wildman–Crippen MR) is 363 cm³/mol. The van der Waals surface area contributed by atoms with E-state index in [4.69, 9.17) is 47.5 Å². The molecular weight excluding hydrogens is 1150 g/mol. The molecule has 0 spiro atoms. The van der Waals surface area contributed by atoms with Gasteiger partial charge in [-0.25, -0.2) is 4.78 Å². The van der Waals surface area contributed by atoms with E-state index in [1.165, 1.54) is 0 Å². The summed E-state index contributed by atoms with van der Waals surface area (Å²) in [5.74, 6) is 1.86. The quantitative estimate of drug-likeness (QED) is 0.0414. The number of unbranched alkanes of at least 4 members (excludes halogenated alkanes) is 2. The summed E-state index contributed by atoms with van der Waals surface area (Å²) in [7, 11) is 0.265. The van der Waals surface area contributed by atoms with E-state index >= 15 is 0 Å². The molecule has 13 aromatic rings. The summed E-state index contributed by atoms with van der Waals surface area (Å²) in [4.78, 5) is 0. The van der Waals surface area contributed by atoms with Crippen LogP contribution in [0.4, 0.5) is 0 Å². The lowest BCUT2D eigenvalue weighted by molar-refractivity contribution is 0.396. The molecule has 0 aliphatic heterocycles. The molecule has 0 saturated carbocycles. The molecule has 0 fully saturated rings. The number of hydrazone groups is 1. The minimum absolute atomic E-state index is 0.552. The lowest BCUT2D eigenvalue weighted by Gasteiger charge is -2.29. The van der Waals surface area contributed by atoms with E-state index < -0.39 is 23.0 Å². The molecule has 15 heteroatoms. The van der Waals surface area contributed by atoms with Gasteiger partial charge in [-0.15, -0.1) is 0 Å². The fraction of sp³-hybridized carbons (Fsp3) is 0.169. The molecule has 0 atom stereocenters. The van der Waals surface area contributed by atoms with Gasteiger partial charge in [0.2, 0.25) is 0 Å². The fourth-order valence-corrected chi connectivity index (χ4v) is 16.0. The number of ether oxygens (including phenoxy) is 1. The first-order chi connectivity index (χ1) is 42.2. The van der Waals surface area contributed by atoms with Crippen LogP contribution in [0.15, 0.2) is 240 Å². The molecule has 0 radical (unpaired) electrons. The molecule has 13 rings (SSSR count). The maximum atomic E-state index is 7.07. The van der Waals surface area contributed by atoms with Crippen LogP contribution in [0, 0.1) is 0 Å². The largest absolute Gasteiger partial charge is 0.497 e. The number of benzene rings is 11. The standard InChI is InChI=1S/C71H65N4O7P3S/c1-5-7-45-74(83-77-64-41-31-53-17-9-13-21-60(53)68(64)69-61-22-14-10-18-54(61)32-42-65(69)78-83)48-51-27-37-58(38-28-51)81-85(86,73(3)72-47-50-25-35-57(76-4)36-26-50)82-59-39-29-52(30-40-59)49-75(46-8-6-2)84-79-66-43-33-55-19-11-15-23-62(55)70(66)71-63-24-16-12-20-56(63)34-44-67(71)80-84/h9-44,47H,5-8,45-46,48-49H2,1-4H3/b72-47-. The molecule has 432 valence electrons. The molecule has 0 aliphatic rings. The number of rotatable bonds is 20. The third-order valence-electron chi connectivity index (χ3n) is 15.6. The van der Waals surface area contributed by atoms with E-state index in [0.29, 0.717) is 24.6 Å². The van der Waals surface area contributed by atoms with Crippen molar-refractivity contribution in [1.29, 1.82) is 0 Å². The highest BCUT2D eigenvalue weighted by Crippen LogP contribution is 2.52. The number of hydrogen-bond acceptors (Lipinski definition) is 11. The summed E-state index contributed by atoms with van der Waals surface area (Å²) in [6.45, 7) is 3.70. The first-order valence-corrected chi connectivity index (χ1v) is 34.1. The Hall–Kier alpha value is -8.30. The summed E-state index contributed by atoms with van der Waals surface area (Å²) in [5, 5.41) is 18.1. The highest BCUT2D eigenvalue weighted by Gasteiger charge is 2.30. The van der Waals surface area contributed by atoms with Gasteiger partial charge in [0.1, 0.15) is 39.6 Å². The average molecular weight is 1210 g/mol. The van der Waals surface area contributed by atoms with Gasteiger partial charge in [-0.05, 0) is 145 Å². The van der Waals surface area contributed by atoms with Gasteiger partial charge in [0.25, 0.3) is 0 Å². The van der Waals surface area contributed by atoms with Gasteiger partial charge in [0.05, 0.1) is 13.3 Å². The zero-order chi connectivity index (χ0) is 58.6. The number of methoxy groups -OCH3 is 1. The molecule has 11 nitrogen and oxygen atoms in total. The van der Waals surface area contributed by atoms with Crippen molar-refractivity contribution in [3.8, 4) is 17.2 Å². The Morgan fingerprint density at radius 2 is 0.779 bits per heavy atom. The van der Waals surface area contributed by atoms with Gasteiger partial charge in [-0.3, -0.25) is 0 Å². The Bertz CT molecular complexity index is 4310. The maximum Gasteiger partial charge on any atom is 0.410 e. The molecule has 0 amide bonds. The lowest BCUT2D eigenvalue weighted by atomic mass is 9.99. The van der Waals surface area contributed by atoms with E-state index in [-0.39, 0.29) is 0 Å². The second-order valence-corrected chi connectivity index (χ2v) is 27.5. The van der Waals surface area contributed by atoms with Crippen LogP contribution in [0.3, 0.4) is 0 Å².